The van der Waals surface area contributed by atoms with Crippen molar-refractivity contribution in [3.8, 4) is 22.6 Å². The number of alkyl halides is 4. The zero-order valence-electron chi connectivity index (χ0n) is 20.3. The lowest BCUT2D eigenvalue weighted by Gasteiger charge is -2.28. The highest BCUT2D eigenvalue weighted by molar-refractivity contribution is 5.69. The van der Waals surface area contributed by atoms with Crippen LogP contribution in [0.3, 0.4) is 0 Å². The number of phenolic OH excluding ortho intramolecular Hbond substituents is 1. The molecule has 198 valence electrons. The predicted octanol–water partition coefficient (Wildman–Crippen LogP) is 9.48. The van der Waals surface area contributed by atoms with Crippen LogP contribution in [0.5, 0.6) is 11.5 Å². The minimum atomic E-state index is -4.05. The zero-order valence-corrected chi connectivity index (χ0v) is 20.3. The minimum Gasteiger partial charge on any atom is -0.505 e. The molecule has 3 aromatic rings. The number of aromatic hydroxyl groups is 1. The first-order valence-corrected chi connectivity index (χ1v) is 12.4. The van der Waals surface area contributed by atoms with Crippen molar-refractivity contribution in [1.29, 1.82) is 0 Å². The molecular formula is C29H28F6O2. The van der Waals surface area contributed by atoms with E-state index in [2.05, 4.69) is 6.92 Å². The average molecular weight is 523 g/mol. The Bertz CT molecular complexity index is 1220. The Morgan fingerprint density at radius 3 is 2.22 bits per heavy atom. The van der Waals surface area contributed by atoms with Crippen molar-refractivity contribution in [3.05, 3.63) is 82.9 Å². The summed E-state index contributed by atoms with van der Waals surface area (Å²) in [5.74, 6) is -2.97. The molecule has 0 amide bonds. The van der Waals surface area contributed by atoms with Crippen LogP contribution >= 0.6 is 0 Å². The average Bonchev–Trinajstić information content (AvgIpc) is 2.86. The Labute approximate surface area is 211 Å². The van der Waals surface area contributed by atoms with E-state index in [1.807, 2.05) is 0 Å². The fourth-order valence-electron chi connectivity index (χ4n) is 5.17. The lowest BCUT2D eigenvalue weighted by atomic mass is 9.77. The predicted molar refractivity (Wildman–Crippen MR) is 129 cm³/mol. The number of halogens is 6. The van der Waals surface area contributed by atoms with Gasteiger partial charge in [-0.25, -0.2) is 17.6 Å². The number of phenols is 1. The van der Waals surface area contributed by atoms with Crippen LogP contribution in [0, 0.1) is 17.6 Å². The minimum absolute atomic E-state index is 0.141. The topological polar surface area (TPSA) is 29.5 Å². The van der Waals surface area contributed by atoms with Crippen molar-refractivity contribution in [2.24, 2.45) is 5.92 Å². The molecule has 0 spiro atoms. The molecule has 1 aliphatic carbocycles. The quantitative estimate of drug-likeness (QED) is 0.299. The Kier molecular flexibility index (Phi) is 8.05. The van der Waals surface area contributed by atoms with E-state index in [0.717, 1.165) is 55.4 Å². The number of hydrogen-bond acceptors (Lipinski definition) is 2. The van der Waals surface area contributed by atoms with Crippen LogP contribution < -0.4 is 4.74 Å². The van der Waals surface area contributed by atoms with Crippen LogP contribution in [-0.4, -0.2) is 5.11 Å². The molecule has 37 heavy (non-hydrogen) atoms. The van der Waals surface area contributed by atoms with E-state index in [9.17, 15) is 31.4 Å². The molecule has 4 rings (SSSR count). The summed E-state index contributed by atoms with van der Waals surface area (Å²) in [6.45, 7) is 2.18. The zero-order chi connectivity index (χ0) is 26.7. The summed E-state index contributed by atoms with van der Waals surface area (Å²) < 4.78 is 90.1. The highest BCUT2D eigenvalue weighted by Gasteiger charge is 2.38. The number of hydrogen-bond donors (Lipinski definition) is 1. The molecule has 0 atom stereocenters. The third-order valence-corrected chi connectivity index (χ3v) is 7.11. The first kappa shape index (κ1) is 26.9. The molecule has 0 saturated heterocycles. The second-order valence-electron chi connectivity index (χ2n) is 9.55. The molecule has 8 heteroatoms. The standard InChI is InChI=1S/C29H28F6O2/c1-2-3-17-4-6-18(7-5-17)19-8-11-21(12-9-19)37-29(34,35)23-14-10-20(16-24(23)30)22-13-15-25(36)27(31)26(22)28(32)33/h8-18,28,36H,2-7H2,1H3. The first-order valence-electron chi connectivity index (χ1n) is 12.4. The summed E-state index contributed by atoms with van der Waals surface area (Å²) in [5, 5.41) is 9.39. The molecule has 1 saturated carbocycles. The van der Waals surface area contributed by atoms with E-state index >= 15 is 0 Å². The maximum absolute atomic E-state index is 14.9. The van der Waals surface area contributed by atoms with Gasteiger partial charge in [0, 0.05) is 0 Å². The highest BCUT2D eigenvalue weighted by atomic mass is 19.3. The van der Waals surface area contributed by atoms with Gasteiger partial charge in [0.15, 0.2) is 11.6 Å². The molecule has 0 unspecified atom stereocenters. The molecule has 3 aromatic carbocycles. The lowest BCUT2D eigenvalue weighted by Crippen LogP contribution is -2.23. The monoisotopic (exact) mass is 522 g/mol. The van der Waals surface area contributed by atoms with E-state index in [0.29, 0.717) is 18.1 Å². The van der Waals surface area contributed by atoms with Crippen molar-refractivity contribution in [2.75, 3.05) is 0 Å². The van der Waals surface area contributed by atoms with Gasteiger partial charge in [0.25, 0.3) is 6.43 Å². The molecular weight excluding hydrogens is 494 g/mol. The SMILES string of the molecule is CCCC1CCC(c2ccc(OC(F)(F)c3ccc(-c4ccc(O)c(F)c4C(F)F)cc3F)cc2)CC1. The fraction of sp³-hybridized carbons (Fsp3) is 0.379. The van der Waals surface area contributed by atoms with Crippen molar-refractivity contribution >= 4 is 0 Å². The number of rotatable bonds is 8. The van der Waals surface area contributed by atoms with Gasteiger partial charge in [-0.15, -0.1) is 0 Å². The number of ether oxygens (including phenoxy) is 1. The molecule has 1 fully saturated rings. The maximum Gasteiger partial charge on any atom is 0.429 e. The van der Waals surface area contributed by atoms with Crippen LogP contribution in [0.25, 0.3) is 11.1 Å². The van der Waals surface area contributed by atoms with Gasteiger partial charge >= 0.3 is 6.11 Å². The molecule has 1 aliphatic rings. The van der Waals surface area contributed by atoms with Gasteiger partial charge < -0.3 is 9.84 Å². The Morgan fingerprint density at radius 1 is 0.946 bits per heavy atom. The summed E-state index contributed by atoms with van der Waals surface area (Å²) in [6.07, 6.45) is -0.554. The van der Waals surface area contributed by atoms with E-state index in [1.165, 1.54) is 25.0 Å². The Morgan fingerprint density at radius 2 is 1.62 bits per heavy atom. The van der Waals surface area contributed by atoms with E-state index in [-0.39, 0.29) is 11.3 Å². The van der Waals surface area contributed by atoms with Crippen LogP contribution in [0.1, 0.15) is 74.5 Å². The highest BCUT2D eigenvalue weighted by Crippen LogP contribution is 2.41. The van der Waals surface area contributed by atoms with Crippen molar-refractivity contribution in [3.63, 3.8) is 0 Å². The molecule has 0 aromatic heterocycles. The van der Waals surface area contributed by atoms with Gasteiger partial charge in [0.2, 0.25) is 0 Å². The molecule has 0 radical (unpaired) electrons. The summed E-state index contributed by atoms with van der Waals surface area (Å²) in [5.41, 5.74) is -1.85. The van der Waals surface area contributed by atoms with Crippen LogP contribution in [0.2, 0.25) is 0 Å². The second-order valence-corrected chi connectivity index (χ2v) is 9.55. The molecule has 0 heterocycles. The molecule has 1 N–H and O–H groups in total. The van der Waals surface area contributed by atoms with Crippen molar-refractivity contribution in [2.45, 2.75) is 63.9 Å². The fourth-order valence-corrected chi connectivity index (χ4v) is 5.17. The molecule has 2 nitrogen and oxygen atoms in total. The normalized spacial score (nSPS) is 18.3. The van der Waals surface area contributed by atoms with E-state index in [1.54, 1.807) is 12.1 Å². The number of benzene rings is 3. The van der Waals surface area contributed by atoms with Gasteiger partial charge in [-0.2, -0.15) is 8.78 Å². The summed E-state index contributed by atoms with van der Waals surface area (Å²) in [4.78, 5) is 0. The largest absolute Gasteiger partial charge is 0.505 e. The van der Waals surface area contributed by atoms with Crippen LogP contribution in [0.4, 0.5) is 26.3 Å². The molecule has 0 bridgehead atoms. The second kappa shape index (κ2) is 11.1. The van der Waals surface area contributed by atoms with Gasteiger partial charge in [0.05, 0.1) is 11.1 Å². The Balaban J connectivity index is 1.50. The first-order chi connectivity index (χ1) is 17.6. The third-order valence-electron chi connectivity index (χ3n) is 7.11. The van der Waals surface area contributed by atoms with Gasteiger partial charge in [0.1, 0.15) is 11.6 Å². The Hall–Kier alpha value is -3.16. The third kappa shape index (κ3) is 5.89. The smallest absolute Gasteiger partial charge is 0.429 e. The van der Waals surface area contributed by atoms with Crippen LogP contribution in [0.15, 0.2) is 54.6 Å². The van der Waals surface area contributed by atoms with Crippen LogP contribution in [-0.2, 0) is 6.11 Å². The van der Waals surface area contributed by atoms with E-state index < -0.39 is 46.6 Å². The lowest BCUT2D eigenvalue weighted by molar-refractivity contribution is -0.187. The van der Waals surface area contributed by atoms with Gasteiger partial charge in [-0.05, 0) is 84.5 Å². The van der Waals surface area contributed by atoms with Crippen molar-refractivity contribution in [1.82, 2.24) is 0 Å². The van der Waals surface area contributed by atoms with Crippen molar-refractivity contribution < 1.29 is 36.2 Å². The molecule has 0 aliphatic heterocycles. The van der Waals surface area contributed by atoms with Gasteiger partial charge in [-0.1, -0.05) is 44.0 Å². The maximum atomic E-state index is 14.9. The summed E-state index contributed by atoms with van der Waals surface area (Å²) >= 11 is 0. The van der Waals surface area contributed by atoms with E-state index in [4.69, 9.17) is 4.74 Å². The summed E-state index contributed by atoms with van der Waals surface area (Å²) in [6, 6.07) is 10.5. The summed E-state index contributed by atoms with van der Waals surface area (Å²) in [7, 11) is 0. The van der Waals surface area contributed by atoms with Gasteiger partial charge in [-0.3, -0.25) is 0 Å².